The Balaban J connectivity index is 1.94. The first-order valence-corrected chi connectivity index (χ1v) is 6.10. The quantitative estimate of drug-likeness (QED) is 0.830. The molecule has 1 atom stereocenters. The van der Waals surface area contributed by atoms with Gasteiger partial charge in [-0.25, -0.2) is 4.98 Å². The number of hydrogen-bond donors (Lipinski definition) is 1. The van der Waals surface area contributed by atoms with Crippen LogP contribution in [0.4, 0.5) is 0 Å². The highest BCUT2D eigenvalue weighted by molar-refractivity contribution is 7.11. The number of aliphatic hydroxyl groups is 1. The predicted molar refractivity (Wildman–Crippen MR) is 58.5 cm³/mol. The van der Waals surface area contributed by atoms with Gasteiger partial charge in [0.2, 0.25) is 0 Å². The first-order chi connectivity index (χ1) is 6.66. The molecule has 0 aromatic carbocycles. The molecule has 1 aliphatic rings. The van der Waals surface area contributed by atoms with Crippen LogP contribution in [0.15, 0.2) is 0 Å². The molecule has 0 aliphatic heterocycles. The first kappa shape index (κ1) is 10.1. The zero-order valence-corrected chi connectivity index (χ0v) is 9.60. The van der Waals surface area contributed by atoms with Crippen LogP contribution in [-0.2, 0) is 0 Å². The number of aliphatic hydroxyl groups excluding tert-OH is 1. The lowest BCUT2D eigenvalue weighted by molar-refractivity contribution is 0.165. The van der Waals surface area contributed by atoms with Gasteiger partial charge >= 0.3 is 0 Å². The summed E-state index contributed by atoms with van der Waals surface area (Å²) in [5.74, 6) is 0.902. The van der Waals surface area contributed by atoms with E-state index in [0.717, 1.165) is 27.9 Å². The van der Waals surface area contributed by atoms with Crippen molar-refractivity contribution < 1.29 is 5.11 Å². The fraction of sp³-hybridized carbons (Fsp3) is 0.727. The topological polar surface area (TPSA) is 33.1 Å². The normalized spacial score (nSPS) is 18.5. The van der Waals surface area contributed by atoms with Crippen molar-refractivity contribution in [3.8, 4) is 0 Å². The minimum absolute atomic E-state index is 0.276. The average Bonchev–Trinajstić information content (AvgIpc) is 2.88. The maximum Gasteiger partial charge on any atom is 0.0901 e. The molecule has 3 heteroatoms. The summed E-state index contributed by atoms with van der Waals surface area (Å²) < 4.78 is 0. The van der Waals surface area contributed by atoms with Gasteiger partial charge in [0.25, 0.3) is 0 Å². The molecule has 0 bridgehead atoms. The van der Waals surface area contributed by atoms with Gasteiger partial charge in [-0.05, 0) is 32.6 Å². The Morgan fingerprint density at radius 3 is 2.71 bits per heavy atom. The van der Waals surface area contributed by atoms with Crippen LogP contribution in [0.1, 0.15) is 47.4 Å². The molecule has 1 saturated carbocycles. The number of thiazole rings is 1. The van der Waals surface area contributed by atoms with Crippen LogP contribution in [0.3, 0.4) is 0 Å². The summed E-state index contributed by atoms with van der Waals surface area (Å²) in [5, 5.41) is 11.0. The molecule has 0 saturated heterocycles. The smallest absolute Gasteiger partial charge is 0.0901 e. The maximum absolute atomic E-state index is 9.96. The monoisotopic (exact) mass is 211 g/mol. The van der Waals surface area contributed by atoms with E-state index in [0.29, 0.717) is 0 Å². The summed E-state index contributed by atoms with van der Waals surface area (Å²) in [6.07, 6.45) is 4.55. The second kappa shape index (κ2) is 3.99. The Kier molecular flexibility index (Phi) is 2.88. The van der Waals surface area contributed by atoms with Crippen LogP contribution in [0.5, 0.6) is 0 Å². The molecule has 1 aliphatic carbocycles. The van der Waals surface area contributed by atoms with Gasteiger partial charge in [-0.15, -0.1) is 11.3 Å². The van der Waals surface area contributed by atoms with Crippen molar-refractivity contribution in [2.75, 3.05) is 0 Å². The Bertz CT molecular complexity index is 317. The minimum atomic E-state index is -0.276. The van der Waals surface area contributed by atoms with E-state index in [-0.39, 0.29) is 6.10 Å². The third kappa shape index (κ3) is 2.34. The Morgan fingerprint density at radius 2 is 2.21 bits per heavy atom. The van der Waals surface area contributed by atoms with Gasteiger partial charge < -0.3 is 5.11 Å². The first-order valence-electron chi connectivity index (χ1n) is 5.29. The number of hydrogen-bond acceptors (Lipinski definition) is 3. The highest BCUT2D eigenvalue weighted by atomic mass is 32.1. The van der Waals surface area contributed by atoms with Gasteiger partial charge in [0.05, 0.1) is 21.7 Å². The average molecular weight is 211 g/mol. The third-order valence-corrected chi connectivity index (χ3v) is 3.96. The molecule has 1 unspecified atom stereocenters. The van der Waals surface area contributed by atoms with E-state index in [9.17, 15) is 5.11 Å². The Hall–Kier alpha value is -0.410. The zero-order valence-electron chi connectivity index (χ0n) is 8.79. The molecular weight excluding hydrogens is 194 g/mol. The zero-order chi connectivity index (χ0) is 10.1. The van der Waals surface area contributed by atoms with E-state index in [2.05, 4.69) is 4.98 Å². The maximum atomic E-state index is 9.96. The van der Waals surface area contributed by atoms with E-state index in [4.69, 9.17) is 0 Å². The standard InChI is InChI=1S/C11H17NOS/c1-7-11(14-8(2)12-7)10(13)6-5-9-3-4-9/h9-10,13H,3-6H2,1-2H3. The highest BCUT2D eigenvalue weighted by Gasteiger charge is 2.23. The van der Waals surface area contributed by atoms with E-state index >= 15 is 0 Å². The number of nitrogens with zero attached hydrogens (tertiary/aromatic N) is 1. The summed E-state index contributed by atoms with van der Waals surface area (Å²) >= 11 is 1.63. The lowest BCUT2D eigenvalue weighted by Crippen LogP contribution is -1.97. The Morgan fingerprint density at radius 1 is 1.50 bits per heavy atom. The van der Waals surface area contributed by atoms with Crippen LogP contribution < -0.4 is 0 Å². The van der Waals surface area contributed by atoms with Crippen molar-refractivity contribution in [3.05, 3.63) is 15.6 Å². The van der Waals surface area contributed by atoms with E-state index < -0.39 is 0 Å². The van der Waals surface area contributed by atoms with Crippen LogP contribution >= 0.6 is 11.3 Å². The van der Waals surface area contributed by atoms with Crippen molar-refractivity contribution in [2.24, 2.45) is 5.92 Å². The largest absolute Gasteiger partial charge is 0.388 e. The highest BCUT2D eigenvalue weighted by Crippen LogP contribution is 2.37. The number of aryl methyl sites for hydroxylation is 2. The second-order valence-corrected chi connectivity index (χ2v) is 5.45. The van der Waals surface area contributed by atoms with Crippen LogP contribution in [0, 0.1) is 19.8 Å². The van der Waals surface area contributed by atoms with E-state index in [1.807, 2.05) is 13.8 Å². The van der Waals surface area contributed by atoms with Gasteiger partial charge in [-0.2, -0.15) is 0 Å². The lowest BCUT2D eigenvalue weighted by Gasteiger charge is -2.07. The fourth-order valence-corrected chi connectivity index (χ4v) is 2.74. The predicted octanol–water partition coefficient (Wildman–Crippen LogP) is 2.98. The van der Waals surface area contributed by atoms with Crippen LogP contribution in [0.25, 0.3) is 0 Å². The van der Waals surface area contributed by atoms with Gasteiger partial charge in [0, 0.05) is 0 Å². The molecule has 0 spiro atoms. The molecule has 0 radical (unpaired) electrons. The summed E-state index contributed by atoms with van der Waals surface area (Å²) in [6.45, 7) is 3.98. The lowest BCUT2D eigenvalue weighted by atomic mass is 10.1. The molecule has 2 rings (SSSR count). The molecule has 14 heavy (non-hydrogen) atoms. The fourth-order valence-electron chi connectivity index (χ4n) is 1.79. The second-order valence-electron chi connectivity index (χ2n) is 4.22. The molecule has 2 nitrogen and oxygen atoms in total. The SMILES string of the molecule is Cc1nc(C)c(C(O)CCC2CC2)s1. The number of aromatic nitrogens is 1. The van der Waals surface area contributed by atoms with Crippen molar-refractivity contribution in [1.29, 1.82) is 0 Å². The summed E-state index contributed by atoms with van der Waals surface area (Å²) in [4.78, 5) is 5.41. The molecule has 0 amide bonds. The van der Waals surface area contributed by atoms with Crippen molar-refractivity contribution in [2.45, 2.75) is 45.6 Å². The van der Waals surface area contributed by atoms with Crippen LogP contribution in [-0.4, -0.2) is 10.1 Å². The summed E-state index contributed by atoms with van der Waals surface area (Å²) in [6, 6.07) is 0. The molecule has 1 heterocycles. The molecule has 78 valence electrons. The molecular formula is C11H17NOS. The summed E-state index contributed by atoms with van der Waals surface area (Å²) in [5.41, 5.74) is 1.01. The van der Waals surface area contributed by atoms with Gasteiger partial charge in [-0.3, -0.25) is 0 Å². The van der Waals surface area contributed by atoms with E-state index in [1.54, 1.807) is 11.3 Å². The molecule has 1 N–H and O–H groups in total. The van der Waals surface area contributed by atoms with Crippen molar-refractivity contribution in [1.82, 2.24) is 4.98 Å². The van der Waals surface area contributed by atoms with E-state index in [1.165, 1.54) is 19.3 Å². The molecule has 1 aromatic rings. The minimum Gasteiger partial charge on any atom is -0.388 e. The molecule has 1 aromatic heterocycles. The third-order valence-electron chi connectivity index (χ3n) is 2.79. The molecule has 1 fully saturated rings. The van der Waals surface area contributed by atoms with Crippen molar-refractivity contribution >= 4 is 11.3 Å². The van der Waals surface area contributed by atoms with Gasteiger partial charge in [0.15, 0.2) is 0 Å². The van der Waals surface area contributed by atoms with Crippen LogP contribution in [0.2, 0.25) is 0 Å². The summed E-state index contributed by atoms with van der Waals surface area (Å²) in [7, 11) is 0. The van der Waals surface area contributed by atoms with Gasteiger partial charge in [-0.1, -0.05) is 12.8 Å². The van der Waals surface area contributed by atoms with Crippen molar-refractivity contribution in [3.63, 3.8) is 0 Å². The number of rotatable bonds is 4. The Labute approximate surface area is 89.0 Å². The van der Waals surface area contributed by atoms with Gasteiger partial charge in [0.1, 0.15) is 0 Å².